The molecule has 0 amide bonds. The highest BCUT2D eigenvalue weighted by Crippen LogP contribution is 2.48. The molecular weight excluding hydrogens is 374 g/mol. The van der Waals surface area contributed by atoms with Gasteiger partial charge in [-0.2, -0.15) is 0 Å². The van der Waals surface area contributed by atoms with Gasteiger partial charge in [0.1, 0.15) is 5.78 Å². The fraction of sp³-hybridized carbons (Fsp3) is 0.316. The van der Waals surface area contributed by atoms with Gasteiger partial charge >= 0.3 is 0 Å². The van der Waals surface area contributed by atoms with Crippen molar-refractivity contribution in [3.63, 3.8) is 0 Å². The van der Waals surface area contributed by atoms with E-state index in [2.05, 4.69) is 51.2 Å². The van der Waals surface area contributed by atoms with Crippen molar-refractivity contribution in [2.45, 2.75) is 31.3 Å². The number of anilines is 1. The molecule has 2 aromatic carbocycles. The molecule has 0 radical (unpaired) electrons. The van der Waals surface area contributed by atoms with Crippen LogP contribution in [0.3, 0.4) is 0 Å². The summed E-state index contributed by atoms with van der Waals surface area (Å²) in [7, 11) is 0. The van der Waals surface area contributed by atoms with Gasteiger partial charge in [0.05, 0.1) is 6.04 Å². The van der Waals surface area contributed by atoms with E-state index >= 15 is 0 Å². The first-order valence-electron chi connectivity index (χ1n) is 7.95. The number of carbonyl (C=O) groups is 1. The van der Waals surface area contributed by atoms with Crippen molar-refractivity contribution in [3.8, 4) is 0 Å². The third-order valence-corrected chi connectivity index (χ3v) is 5.82. The van der Waals surface area contributed by atoms with Gasteiger partial charge in [0.15, 0.2) is 0 Å². The fourth-order valence-corrected chi connectivity index (χ4v) is 4.52. The van der Waals surface area contributed by atoms with Crippen LogP contribution in [0.25, 0.3) is 0 Å². The lowest BCUT2D eigenvalue weighted by atomic mass is 9.71. The Morgan fingerprint density at radius 3 is 2.57 bits per heavy atom. The van der Waals surface area contributed by atoms with E-state index in [-0.39, 0.29) is 18.0 Å². The standard InChI is InChI=1S/C19H17BrClNO/c20-13-6-4-12(5-7-13)19-17-9-8-16(11-18(17)23)22(19)15-3-1-2-14(21)10-15/h1-7,10,16-17,19H,8-9,11H2/t16-,17+,19?/m0/s1. The molecule has 4 heteroatoms. The van der Waals surface area contributed by atoms with Crippen LogP contribution in [-0.4, -0.2) is 11.8 Å². The van der Waals surface area contributed by atoms with Gasteiger partial charge in [-0.3, -0.25) is 4.79 Å². The maximum Gasteiger partial charge on any atom is 0.140 e. The highest BCUT2D eigenvalue weighted by Gasteiger charge is 2.47. The van der Waals surface area contributed by atoms with Gasteiger partial charge in [-0.15, -0.1) is 0 Å². The molecule has 23 heavy (non-hydrogen) atoms. The molecule has 2 aromatic rings. The molecule has 3 atom stereocenters. The average molecular weight is 391 g/mol. The molecule has 1 unspecified atom stereocenters. The first kappa shape index (κ1) is 15.2. The Morgan fingerprint density at radius 1 is 1.09 bits per heavy atom. The lowest BCUT2D eigenvalue weighted by Crippen LogP contribution is -2.54. The van der Waals surface area contributed by atoms with E-state index in [0.717, 1.165) is 28.0 Å². The number of ketones is 1. The second kappa shape index (κ2) is 5.95. The molecule has 3 aliphatic rings. The molecule has 0 aromatic heterocycles. The summed E-state index contributed by atoms with van der Waals surface area (Å²) in [5.41, 5.74) is 2.32. The number of hydrogen-bond donors (Lipinski definition) is 0. The molecule has 2 saturated heterocycles. The SMILES string of the molecule is O=C1C[C@@H]2CC[C@H]1C(c1ccc(Br)cc1)N2c1cccc(Cl)c1. The predicted molar refractivity (Wildman–Crippen MR) is 97.0 cm³/mol. The number of hydrogen-bond acceptors (Lipinski definition) is 2. The molecule has 1 saturated carbocycles. The molecule has 1 aliphatic carbocycles. The van der Waals surface area contributed by atoms with Crippen molar-refractivity contribution < 1.29 is 4.79 Å². The van der Waals surface area contributed by atoms with Crippen molar-refractivity contribution in [2.75, 3.05) is 4.90 Å². The normalized spacial score (nSPS) is 26.6. The maximum absolute atomic E-state index is 12.5. The number of rotatable bonds is 2. The van der Waals surface area contributed by atoms with Crippen molar-refractivity contribution >= 4 is 39.0 Å². The van der Waals surface area contributed by atoms with Gasteiger partial charge in [-0.1, -0.05) is 45.7 Å². The van der Waals surface area contributed by atoms with E-state index < -0.39 is 0 Å². The van der Waals surface area contributed by atoms with Crippen LogP contribution in [-0.2, 0) is 4.79 Å². The van der Waals surface area contributed by atoms with Gasteiger partial charge in [0, 0.05) is 33.6 Å². The minimum absolute atomic E-state index is 0.0835. The zero-order valence-corrected chi connectivity index (χ0v) is 14.9. The summed E-state index contributed by atoms with van der Waals surface area (Å²) in [5.74, 6) is 0.493. The van der Waals surface area contributed by atoms with Gasteiger partial charge < -0.3 is 4.90 Å². The Balaban J connectivity index is 1.81. The molecule has 118 valence electrons. The monoisotopic (exact) mass is 389 g/mol. The largest absolute Gasteiger partial charge is 0.360 e. The number of Topliss-reactive ketones (excluding diaryl/α,β-unsaturated/α-hetero) is 1. The average Bonchev–Trinajstić information content (AvgIpc) is 2.55. The number of piperidine rings is 2. The zero-order valence-electron chi connectivity index (χ0n) is 12.6. The Morgan fingerprint density at radius 2 is 1.87 bits per heavy atom. The number of benzene rings is 2. The highest BCUT2D eigenvalue weighted by atomic mass is 79.9. The predicted octanol–water partition coefficient (Wildman–Crippen LogP) is 5.40. The quantitative estimate of drug-likeness (QED) is 0.684. The van der Waals surface area contributed by atoms with Crippen LogP contribution in [0.15, 0.2) is 53.0 Å². The smallest absolute Gasteiger partial charge is 0.140 e. The molecular formula is C19H17BrClNO. The van der Waals surface area contributed by atoms with Crippen LogP contribution in [0.5, 0.6) is 0 Å². The number of carbonyl (C=O) groups excluding carboxylic acids is 1. The van der Waals surface area contributed by atoms with Crippen LogP contribution in [0.4, 0.5) is 5.69 Å². The summed E-state index contributed by atoms with van der Waals surface area (Å²) in [6, 6.07) is 16.7. The van der Waals surface area contributed by atoms with E-state index in [9.17, 15) is 4.79 Å². The van der Waals surface area contributed by atoms with Crippen LogP contribution in [0.2, 0.25) is 5.02 Å². The summed E-state index contributed by atoms with van der Waals surface area (Å²) in [6.07, 6.45) is 2.72. The third-order valence-electron chi connectivity index (χ3n) is 5.05. The molecule has 2 aliphatic heterocycles. The molecule has 2 bridgehead atoms. The third kappa shape index (κ3) is 2.70. The first-order valence-corrected chi connectivity index (χ1v) is 9.12. The van der Waals surface area contributed by atoms with Gasteiger partial charge in [0.25, 0.3) is 0 Å². The summed E-state index contributed by atoms with van der Waals surface area (Å²) in [6.45, 7) is 0. The van der Waals surface area contributed by atoms with Crippen molar-refractivity contribution in [3.05, 3.63) is 63.6 Å². The van der Waals surface area contributed by atoms with Crippen molar-refractivity contribution in [1.82, 2.24) is 0 Å². The van der Waals surface area contributed by atoms with Gasteiger partial charge in [0.2, 0.25) is 0 Å². The van der Waals surface area contributed by atoms with Crippen LogP contribution in [0.1, 0.15) is 30.9 Å². The van der Waals surface area contributed by atoms with E-state index in [1.807, 2.05) is 18.2 Å². The zero-order chi connectivity index (χ0) is 16.0. The molecule has 5 rings (SSSR count). The number of fused-ring (bicyclic) bond motifs is 3. The topological polar surface area (TPSA) is 20.3 Å². The Bertz CT molecular complexity index is 745. The summed E-state index contributed by atoms with van der Waals surface area (Å²) < 4.78 is 1.06. The highest BCUT2D eigenvalue weighted by molar-refractivity contribution is 9.10. The summed E-state index contributed by atoms with van der Waals surface area (Å²) in [5, 5.41) is 0.741. The van der Waals surface area contributed by atoms with Gasteiger partial charge in [-0.25, -0.2) is 0 Å². The molecule has 2 heterocycles. The number of halogens is 2. The maximum atomic E-state index is 12.5. The van der Waals surface area contributed by atoms with Crippen LogP contribution >= 0.6 is 27.5 Å². The Hall–Kier alpha value is -1.32. The lowest BCUT2D eigenvalue weighted by Gasteiger charge is -2.52. The molecule has 0 spiro atoms. The lowest BCUT2D eigenvalue weighted by molar-refractivity contribution is -0.128. The minimum Gasteiger partial charge on any atom is -0.360 e. The van der Waals surface area contributed by atoms with E-state index in [1.165, 1.54) is 5.56 Å². The second-order valence-electron chi connectivity index (χ2n) is 6.39. The summed E-state index contributed by atoms with van der Waals surface area (Å²) >= 11 is 9.70. The molecule has 3 fully saturated rings. The van der Waals surface area contributed by atoms with E-state index in [4.69, 9.17) is 11.6 Å². The van der Waals surface area contributed by atoms with Crippen molar-refractivity contribution in [1.29, 1.82) is 0 Å². The van der Waals surface area contributed by atoms with Crippen LogP contribution < -0.4 is 4.90 Å². The Kier molecular flexibility index (Phi) is 3.94. The second-order valence-corrected chi connectivity index (χ2v) is 7.74. The summed E-state index contributed by atoms with van der Waals surface area (Å²) in [4.78, 5) is 14.9. The van der Waals surface area contributed by atoms with E-state index in [1.54, 1.807) is 0 Å². The fourth-order valence-electron chi connectivity index (χ4n) is 4.07. The number of nitrogens with zero attached hydrogens (tertiary/aromatic N) is 1. The minimum atomic E-state index is 0.0835. The van der Waals surface area contributed by atoms with Crippen LogP contribution in [0, 0.1) is 5.92 Å². The van der Waals surface area contributed by atoms with E-state index in [0.29, 0.717) is 12.2 Å². The Labute approximate surface area is 149 Å². The molecule has 0 N–H and O–H groups in total. The van der Waals surface area contributed by atoms with Crippen molar-refractivity contribution in [2.24, 2.45) is 5.92 Å². The molecule has 2 nitrogen and oxygen atoms in total. The van der Waals surface area contributed by atoms with Gasteiger partial charge in [-0.05, 0) is 48.7 Å². The first-order chi connectivity index (χ1) is 11.1.